The molecular weight excluding hydrogens is 245 g/mol. The van der Waals surface area contributed by atoms with Crippen LogP contribution in [0.15, 0.2) is 18.2 Å². The van der Waals surface area contributed by atoms with E-state index < -0.39 is 0 Å². The molecule has 1 aromatic carbocycles. The first-order chi connectivity index (χ1) is 9.20. The highest BCUT2D eigenvalue weighted by atomic mass is 19.1. The topological polar surface area (TPSA) is 30.5 Å². The molecule has 1 aromatic rings. The zero-order valence-electron chi connectivity index (χ0n) is 11.6. The molecule has 1 aliphatic heterocycles. The van der Waals surface area contributed by atoms with E-state index in [1.165, 1.54) is 7.11 Å². The summed E-state index contributed by atoms with van der Waals surface area (Å²) in [6, 6.07) is 5.27. The van der Waals surface area contributed by atoms with Gasteiger partial charge in [0.1, 0.15) is 0 Å². The molecule has 3 nitrogen and oxygen atoms in total. The summed E-state index contributed by atoms with van der Waals surface area (Å²) >= 11 is 0. The molecule has 1 heterocycles. The summed E-state index contributed by atoms with van der Waals surface area (Å²) in [4.78, 5) is 0. The van der Waals surface area contributed by atoms with E-state index in [-0.39, 0.29) is 11.9 Å². The van der Waals surface area contributed by atoms with E-state index in [0.29, 0.717) is 11.7 Å². The second kappa shape index (κ2) is 6.87. The van der Waals surface area contributed by atoms with Crippen LogP contribution in [0.5, 0.6) is 5.75 Å². The van der Waals surface area contributed by atoms with Crippen LogP contribution >= 0.6 is 0 Å². The van der Waals surface area contributed by atoms with Crippen LogP contribution in [0.25, 0.3) is 0 Å². The van der Waals surface area contributed by atoms with Crippen LogP contribution in [0.4, 0.5) is 4.39 Å². The SMILES string of the molecule is COc1ccc([C@H](C)NCC2CCOCC2)cc1F. The lowest BCUT2D eigenvalue weighted by atomic mass is 9.99. The molecule has 1 N–H and O–H groups in total. The fourth-order valence-corrected chi connectivity index (χ4v) is 2.36. The molecule has 1 saturated heterocycles. The number of hydrogen-bond acceptors (Lipinski definition) is 3. The van der Waals surface area contributed by atoms with E-state index >= 15 is 0 Å². The smallest absolute Gasteiger partial charge is 0.165 e. The lowest BCUT2D eigenvalue weighted by Gasteiger charge is -2.24. The number of ether oxygens (including phenoxy) is 2. The van der Waals surface area contributed by atoms with Gasteiger partial charge in [-0.1, -0.05) is 6.07 Å². The van der Waals surface area contributed by atoms with Gasteiger partial charge < -0.3 is 14.8 Å². The molecule has 19 heavy (non-hydrogen) atoms. The van der Waals surface area contributed by atoms with Crippen molar-refractivity contribution in [3.8, 4) is 5.75 Å². The van der Waals surface area contributed by atoms with Gasteiger partial charge >= 0.3 is 0 Å². The van der Waals surface area contributed by atoms with E-state index in [4.69, 9.17) is 9.47 Å². The van der Waals surface area contributed by atoms with Gasteiger partial charge in [0, 0.05) is 19.3 Å². The minimum Gasteiger partial charge on any atom is -0.494 e. The van der Waals surface area contributed by atoms with Crippen LogP contribution in [0.3, 0.4) is 0 Å². The van der Waals surface area contributed by atoms with Gasteiger partial charge in [0.25, 0.3) is 0 Å². The summed E-state index contributed by atoms with van der Waals surface area (Å²) in [6.07, 6.45) is 2.22. The van der Waals surface area contributed by atoms with Crippen LogP contribution in [-0.4, -0.2) is 26.9 Å². The molecule has 0 aromatic heterocycles. The Morgan fingerprint density at radius 2 is 2.16 bits per heavy atom. The maximum absolute atomic E-state index is 13.6. The van der Waals surface area contributed by atoms with Gasteiger partial charge in [0.15, 0.2) is 11.6 Å². The predicted molar refractivity (Wildman–Crippen MR) is 72.9 cm³/mol. The number of halogens is 1. The second-order valence-corrected chi connectivity index (χ2v) is 5.08. The molecule has 0 amide bonds. The molecule has 0 saturated carbocycles. The molecule has 0 bridgehead atoms. The zero-order valence-corrected chi connectivity index (χ0v) is 11.6. The molecule has 1 atom stereocenters. The first-order valence-corrected chi connectivity index (χ1v) is 6.85. The van der Waals surface area contributed by atoms with Crippen molar-refractivity contribution in [3.05, 3.63) is 29.6 Å². The molecule has 0 radical (unpaired) electrons. The molecular formula is C15H22FNO2. The number of nitrogens with one attached hydrogen (secondary N) is 1. The Balaban J connectivity index is 1.88. The number of benzene rings is 1. The molecule has 106 valence electrons. The molecule has 1 fully saturated rings. The van der Waals surface area contributed by atoms with E-state index in [2.05, 4.69) is 12.2 Å². The van der Waals surface area contributed by atoms with Crippen molar-refractivity contribution < 1.29 is 13.9 Å². The molecule has 0 aliphatic carbocycles. The maximum Gasteiger partial charge on any atom is 0.165 e. The third-order valence-corrected chi connectivity index (χ3v) is 3.73. The third kappa shape index (κ3) is 3.91. The van der Waals surface area contributed by atoms with Crippen molar-refractivity contribution in [2.75, 3.05) is 26.9 Å². The Hall–Kier alpha value is -1.13. The molecule has 2 rings (SSSR count). The van der Waals surface area contributed by atoms with Gasteiger partial charge in [-0.05, 0) is 49.9 Å². The van der Waals surface area contributed by atoms with Gasteiger partial charge in [-0.25, -0.2) is 4.39 Å². The summed E-state index contributed by atoms with van der Waals surface area (Å²) < 4.78 is 23.9. The summed E-state index contributed by atoms with van der Waals surface area (Å²) in [5.41, 5.74) is 0.949. The molecule has 1 aliphatic rings. The van der Waals surface area contributed by atoms with Crippen molar-refractivity contribution in [1.29, 1.82) is 0 Å². The van der Waals surface area contributed by atoms with Crippen molar-refractivity contribution >= 4 is 0 Å². The average Bonchev–Trinajstić information content (AvgIpc) is 2.45. The fraction of sp³-hybridized carbons (Fsp3) is 0.600. The van der Waals surface area contributed by atoms with E-state index in [9.17, 15) is 4.39 Å². The van der Waals surface area contributed by atoms with Gasteiger partial charge in [-0.2, -0.15) is 0 Å². The first kappa shape index (κ1) is 14.3. The quantitative estimate of drug-likeness (QED) is 0.889. The lowest BCUT2D eigenvalue weighted by molar-refractivity contribution is 0.0656. The number of rotatable bonds is 5. The Morgan fingerprint density at radius 3 is 2.79 bits per heavy atom. The normalized spacial score (nSPS) is 18.3. The highest BCUT2D eigenvalue weighted by Crippen LogP contribution is 2.22. The Kier molecular flexibility index (Phi) is 5.16. The Labute approximate surface area is 114 Å². The monoisotopic (exact) mass is 267 g/mol. The molecule has 4 heteroatoms. The second-order valence-electron chi connectivity index (χ2n) is 5.08. The standard InChI is InChI=1S/C15H22FNO2/c1-11(17-10-12-5-7-19-8-6-12)13-3-4-15(18-2)14(16)9-13/h3-4,9,11-12,17H,5-8,10H2,1-2H3/t11-/m0/s1. The van der Waals surface area contributed by atoms with E-state index in [1.807, 2.05) is 6.07 Å². The summed E-state index contributed by atoms with van der Waals surface area (Å²) in [5.74, 6) is 0.652. The summed E-state index contributed by atoms with van der Waals surface area (Å²) in [7, 11) is 1.48. The van der Waals surface area contributed by atoms with Crippen LogP contribution in [0.1, 0.15) is 31.4 Å². The largest absolute Gasteiger partial charge is 0.494 e. The zero-order chi connectivity index (χ0) is 13.7. The van der Waals surface area contributed by atoms with Crippen LogP contribution < -0.4 is 10.1 Å². The minimum atomic E-state index is -0.306. The van der Waals surface area contributed by atoms with Crippen molar-refractivity contribution in [1.82, 2.24) is 5.32 Å². The highest BCUT2D eigenvalue weighted by Gasteiger charge is 2.15. The number of hydrogen-bond donors (Lipinski definition) is 1. The van der Waals surface area contributed by atoms with Crippen molar-refractivity contribution in [2.24, 2.45) is 5.92 Å². The lowest BCUT2D eigenvalue weighted by Crippen LogP contribution is -2.29. The molecule has 0 unspecified atom stereocenters. The minimum absolute atomic E-state index is 0.142. The Bertz CT molecular complexity index is 405. The fourth-order valence-electron chi connectivity index (χ4n) is 2.36. The van der Waals surface area contributed by atoms with Crippen LogP contribution in [-0.2, 0) is 4.74 Å². The van der Waals surface area contributed by atoms with Gasteiger partial charge in [0.2, 0.25) is 0 Å². The van der Waals surface area contributed by atoms with Crippen LogP contribution in [0, 0.1) is 11.7 Å². The maximum atomic E-state index is 13.6. The highest BCUT2D eigenvalue weighted by molar-refractivity contribution is 5.30. The van der Waals surface area contributed by atoms with Crippen LogP contribution in [0.2, 0.25) is 0 Å². The van der Waals surface area contributed by atoms with E-state index in [0.717, 1.165) is 38.2 Å². The Morgan fingerprint density at radius 1 is 1.42 bits per heavy atom. The number of methoxy groups -OCH3 is 1. The van der Waals surface area contributed by atoms with Gasteiger partial charge in [-0.3, -0.25) is 0 Å². The molecule has 0 spiro atoms. The predicted octanol–water partition coefficient (Wildman–Crippen LogP) is 2.91. The summed E-state index contributed by atoms with van der Waals surface area (Å²) in [6.45, 7) is 4.73. The summed E-state index contributed by atoms with van der Waals surface area (Å²) in [5, 5.41) is 3.47. The van der Waals surface area contributed by atoms with Gasteiger partial charge in [-0.15, -0.1) is 0 Å². The van der Waals surface area contributed by atoms with Crippen molar-refractivity contribution in [3.63, 3.8) is 0 Å². The van der Waals surface area contributed by atoms with Crippen molar-refractivity contribution in [2.45, 2.75) is 25.8 Å². The third-order valence-electron chi connectivity index (χ3n) is 3.73. The first-order valence-electron chi connectivity index (χ1n) is 6.85. The van der Waals surface area contributed by atoms with Gasteiger partial charge in [0.05, 0.1) is 7.11 Å². The average molecular weight is 267 g/mol. The van der Waals surface area contributed by atoms with E-state index in [1.54, 1.807) is 12.1 Å².